The van der Waals surface area contributed by atoms with Crippen LogP contribution < -0.4 is 39.0 Å². The average Bonchev–Trinajstić information content (AvgIpc) is 1.64. The number of halogens is 3. The maximum atomic E-state index is 13.2. The number of benzene rings is 5. The third-order valence-corrected chi connectivity index (χ3v) is 25.2. The van der Waals surface area contributed by atoms with Crippen LogP contribution in [-0.4, -0.2) is 212 Å². The fraction of sp³-hybridized carbons (Fsp3) is 0.273. The van der Waals surface area contributed by atoms with Gasteiger partial charge in [-0.1, -0.05) is 78.8 Å². The first kappa shape index (κ1) is 114. The van der Waals surface area contributed by atoms with E-state index < -0.39 is 51.1 Å². The number of aromatic nitrogens is 6. The number of nitrogens with zero attached hydrogens (tertiary/aromatic N) is 13. The fourth-order valence-corrected chi connectivity index (χ4v) is 15.9. The Morgan fingerprint density at radius 2 is 0.762 bits per heavy atom. The number of rotatable bonds is 30. The third kappa shape index (κ3) is 33.6. The molecule has 31 nitrogen and oxygen atoms in total. The summed E-state index contributed by atoms with van der Waals surface area (Å²) in [4.78, 5) is 85.3. The van der Waals surface area contributed by atoms with Crippen LogP contribution in [0.2, 0.25) is 0 Å². The molecule has 8 aromatic heterocycles. The van der Waals surface area contributed by atoms with Gasteiger partial charge in [-0.3, -0.25) is 9.35 Å². The zero-order valence-corrected chi connectivity index (χ0v) is 86.6. The predicted octanol–water partition coefficient (Wildman–Crippen LogP) is 20.4. The number of para-hydroxylation sites is 2. The minimum absolute atomic E-state index is 0.138. The summed E-state index contributed by atoms with van der Waals surface area (Å²) in [6.45, 7) is 27.8. The van der Waals surface area contributed by atoms with E-state index in [2.05, 4.69) is 88.1 Å². The molecule has 0 bridgehead atoms. The molecule has 13 aromatic rings. The van der Waals surface area contributed by atoms with E-state index in [1.54, 1.807) is 78.9 Å². The van der Waals surface area contributed by atoms with E-state index in [0.29, 0.717) is 76.5 Å². The topological polar surface area (TPSA) is 406 Å². The summed E-state index contributed by atoms with van der Waals surface area (Å²) < 4.78 is 113. The van der Waals surface area contributed by atoms with Crippen LogP contribution in [0.25, 0.3) is 114 Å². The van der Waals surface area contributed by atoms with Crippen LogP contribution >= 0.6 is 0 Å². The second kappa shape index (κ2) is 52.9. The Labute approximate surface area is 855 Å². The summed E-state index contributed by atoms with van der Waals surface area (Å²) in [7, 11) is 0.0510. The number of sulfonamides is 1. The molecule has 1 atom stereocenters. The average molecular weight is 2050 g/mol. The second-order valence-corrected chi connectivity index (χ2v) is 38.7. The number of fused-ring (bicyclic) bond motifs is 2. The van der Waals surface area contributed by atoms with Crippen LogP contribution in [0.5, 0.6) is 0 Å². The van der Waals surface area contributed by atoms with Crippen LogP contribution in [0.15, 0.2) is 250 Å². The molecule has 37 heteroatoms. The molecule has 2 fully saturated rings. The Hall–Kier alpha value is -15.4. The normalized spacial score (nSPS) is 13.3. The Balaban J connectivity index is 0.000000181. The first-order chi connectivity index (χ1) is 69.7. The number of anilines is 7. The van der Waals surface area contributed by atoms with E-state index in [-0.39, 0.29) is 41.6 Å². The van der Waals surface area contributed by atoms with Crippen molar-refractivity contribution in [1.82, 2.24) is 34.6 Å². The molecule has 2 saturated heterocycles. The van der Waals surface area contributed by atoms with Gasteiger partial charge in [0.15, 0.2) is 5.82 Å². The van der Waals surface area contributed by atoms with E-state index >= 15 is 0 Å². The van der Waals surface area contributed by atoms with Gasteiger partial charge in [-0.25, -0.2) is 70.6 Å². The maximum absolute atomic E-state index is 13.2. The van der Waals surface area contributed by atoms with Gasteiger partial charge in [0.05, 0.1) is 75.0 Å². The van der Waals surface area contributed by atoms with Gasteiger partial charge in [0.2, 0.25) is 5.91 Å². The van der Waals surface area contributed by atoms with Crippen LogP contribution in [0.3, 0.4) is 0 Å². The SMILES string of the molecule is CC(=O)NS(=O)(=O)/C=C/c1ccc(-c2ccc(F)cc2)c(N(C)C(C)C)n1.CC(C)N(C)c1nc(/C=C/B(O)O)ccc1-c1ccc(F)cc1.CC(C)N(C)c1nc(/C=C/C(=O)O)ccc1-c1cc2ccccc2o1.CC(C)N(C)c1nc(/C=C/C(=O)O)ccc1N1CCOCC1.CC(C)N(C)c1nc(/C=C/S(=O)(=O)O)ccc1-c1ccc(F)cc1.CC1CCCN1c1nc(/C=C/C(=O)O)ccc1-c1cc2ccccc2o1. The number of carboxylic acids is 3. The van der Waals surface area contributed by atoms with E-state index in [1.807, 2.05) is 184 Å². The number of nitrogens with one attached hydrogen (secondary N) is 1. The molecule has 0 radical (unpaired) electrons. The highest BCUT2D eigenvalue weighted by Crippen LogP contribution is 2.41. The van der Waals surface area contributed by atoms with E-state index in [0.717, 1.165) is 170 Å². The first-order valence-corrected chi connectivity index (χ1v) is 50.4. The van der Waals surface area contributed by atoms with Gasteiger partial charge in [0.1, 0.15) is 69.2 Å². The molecule has 1 unspecified atom stereocenters. The second-order valence-electron chi connectivity index (χ2n) is 35.9. The van der Waals surface area contributed by atoms with E-state index in [4.69, 9.17) is 48.5 Å². The number of carbonyl (C=O) groups excluding carboxylic acids is 1. The van der Waals surface area contributed by atoms with E-state index in [1.165, 1.54) is 72.8 Å². The van der Waals surface area contributed by atoms with Crippen molar-refractivity contribution in [2.24, 2.45) is 0 Å². The van der Waals surface area contributed by atoms with Gasteiger partial charge < -0.3 is 73.2 Å². The molecule has 2 aliphatic rings. The molecule has 0 spiro atoms. The largest absolute Gasteiger partial charge is 0.480 e. The fourth-order valence-electron chi connectivity index (χ4n) is 14.8. The van der Waals surface area contributed by atoms with Gasteiger partial charge in [-0.05, 0) is 276 Å². The molecule has 772 valence electrons. The number of amides is 1. The molecule has 2 aliphatic heterocycles. The van der Waals surface area contributed by atoms with Crippen molar-refractivity contribution >= 4 is 150 Å². The smallest absolute Gasteiger partial charge is 0.478 e. The van der Waals surface area contributed by atoms with Crippen molar-refractivity contribution in [3.8, 4) is 56.0 Å². The van der Waals surface area contributed by atoms with Gasteiger partial charge >= 0.3 is 25.0 Å². The van der Waals surface area contributed by atoms with Crippen LogP contribution in [0.4, 0.5) is 53.8 Å². The van der Waals surface area contributed by atoms with Crippen LogP contribution in [-0.2, 0) is 44.1 Å². The summed E-state index contributed by atoms with van der Waals surface area (Å²) >= 11 is 0. The van der Waals surface area contributed by atoms with Crippen molar-refractivity contribution < 1.29 is 92.7 Å². The summed E-state index contributed by atoms with van der Waals surface area (Å²) in [5.41, 5.74) is 12.8. The molecular formula is C110H124BF3N14O17S2. The number of hydrogen-bond acceptors (Lipinski definition) is 26. The van der Waals surface area contributed by atoms with Gasteiger partial charge in [-0.15, -0.1) is 0 Å². The summed E-state index contributed by atoms with van der Waals surface area (Å²) in [6, 6.07) is 61.6. The van der Waals surface area contributed by atoms with Gasteiger partial charge in [-0.2, -0.15) is 8.42 Å². The van der Waals surface area contributed by atoms with Crippen LogP contribution in [0.1, 0.15) is 130 Å². The van der Waals surface area contributed by atoms with Crippen molar-refractivity contribution in [1.29, 1.82) is 0 Å². The number of hydrogen-bond donors (Lipinski definition) is 7. The zero-order valence-electron chi connectivity index (χ0n) is 85.0. The lowest BCUT2D eigenvalue weighted by Crippen LogP contribution is -2.38. The number of morpholine rings is 1. The Bertz CT molecular complexity index is 7070. The number of carboxylic acid groups (broad SMARTS) is 3. The molecule has 0 saturated carbocycles. The first-order valence-electron chi connectivity index (χ1n) is 47.4. The van der Waals surface area contributed by atoms with Crippen LogP contribution in [0, 0.1) is 17.5 Å². The Kier molecular flexibility index (Phi) is 40.9. The number of carbonyl (C=O) groups is 4. The predicted molar refractivity (Wildman–Crippen MR) is 580 cm³/mol. The molecule has 0 aliphatic carbocycles. The maximum Gasteiger partial charge on any atom is 0.480 e. The van der Waals surface area contributed by atoms with Crippen molar-refractivity contribution in [2.45, 2.75) is 132 Å². The van der Waals surface area contributed by atoms with Gasteiger partial charge in [0.25, 0.3) is 20.1 Å². The number of aliphatic carboxylic acids is 3. The Morgan fingerprint density at radius 3 is 1.12 bits per heavy atom. The van der Waals surface area contributed by atoms with Crippen molar-refractivity contribution in [3.05, 3.63) is 293 Å². The molecule has 10 heterocycles. The molecular weight excluding hydrogens is 1920 g/mol. The minimum Gasteiger partial charge on any atom is -0.478 e. The Morgan fingerprint density at radius 1 is 0.429 bits per heavy atom. The molecule has 7 N–H and O–H groups in total. The summed E-state index contributed by atoms with van der Waals surface area (Å²) in [6.07, 6.45) is 14.2. The van der Waals surface area contributed by atoms with Gasteiger partial charge in [0, 0.05) is 144 Å². The molecule has 1 amide bonds. The lowest BCUT2D eigenvalue weighted by atomic mass is 9.91. The van der Waals surface area contributed by atoms with E-state index in [9.17, 15) is 49.2 Å². The minimum atomic E-state index is -4.21. The summed E-state index contributed by atoms with van der Waals surface area (Å²) in [5, 5.41) is 48.0. The highest BCUT2D eigenvalue weighted by atomic mass is 32.2. The lowest BCUT2D eigenvalue weighted by Gasteiger charge is -2.33. The molecule has 15 rings (SSSR count). The number of furan rings is 2. The number of ether oxygens (including phenoxy) is 1. The monoisotopic (exact) mass is 2040 g/mol. The van der Waals surface area contributed by atoms with Crippen molar-refractivity contribution in [3.63, 3.8) is 0 Å². The molecule has 147 heavy (non-hydrogen) atoms. The zero-order chi connectivity index (χ0) is 107. The highest BCUT2D eigenvalue weighted by Gasteiger charge is 2.28. The quantitative estimate of drug-likeness (QED) is 0.0125. The standard InChI is InChI=1S/C21H20N2O3.C20H20N2O3.C19H22FN3O3S.C17H20BFN2O2.C17H19FN2O3S.C16H23N3O3/c1-14-5-4-12-23(14)21-17(10-8-16(22-21)9-11-20(24)25)19-13-15-6-2-3-7-18(15)26-19;1-13(2)22(3)20-16(10-8-15(21-20)9-11-19(23)24)18-12-14-6-4-5-7-17(14)25-18;1-13(2)23(4)19-18(15-5-7-16(20)8-6-15)10-9-17(21-19)11-12-27(25,26)22-14(3)24;1-12(2)21(3)17-16(13-4-6-14(19)7-5-13)9-8-15(20-17)10-11-18(22)23;1-12(2)20(3)17-16(13-4-6-14(18)7-5-13)9-8-15(19-17)10-11-24(21,22)23;1-12(2)18(3)16-14(19-8-10-22-11-9-19)6-4-13(17-16)5-7-15(20)21/h2-3,6-11,13-14H,4-5,12H2,1H3,(H,24,25);4-13H,1-3H3,(H,23,24);5-13H,1-4H3,(H,22,24);4-12,22-23H,1-3H3;4-12H,1-3H3,(H,21,22,23);4-7,12H,8-11H2,1-3H3,(H,20,21)/b2*11-9+;12-11+;2*11-10+;7-5+. The lowest BCUT2D eigenvalue weighted by molar-refractivity contribution is -0.132. The molecule has 5 aromatic carbocycles. The number of pyridine rings is 6. The third-order valence-electron chi connectivity index (χ3n) is 23.7. The summed E-state index contributed by atoms with van der Waals surface area (Å²) in [5.74, 6) is 2.70. The highest BCUT2D eigenvalue weighted by molar-refractivity contribution is 7.93. The van der Waals surface area contributed by atoms with Crippen molar-refractivity contribution in [2.75, 3.05) is 102 Å².